The van der Waals surface area contributed by atoms with Gasteiger partial charge in [0.25, 0.3) is 0 Å². The molecule has 0 aliphatic heterocycles. The molecule has 1 N–H and O–H groups in total. The van der Waals surface area contributed by atoms with Crippen LogP contribution in [0.1, 0.15) is 26.7 Å². The van der Waals surface area contributed by atoms with Gasteiger partial charge in [0.15, 0.2) is 0 Å². The van der Waals surface area contributed by atoms with Crippen molar-refractivity contribution in [2.75, 3.05) is 7.11 Å². The monoisotopic (exact) mass is 145 g/mol. The Balaban J connectivity index is 3.65. The van der Waals surface area contributed by atoms with E-state index in [-0.39, 0.29) is 11.8 Å². The van der Waals surface area contributed by atoms with Crippen molar-refractivity contribution >= 4 is 5.91 Å². The largest absolute Gasteiger partial charge is 0.277 e. The second kappa shape index (κ2) is 5.23. The van der Waals surface area contributed by atoms with Gasteiger partial charge in [0.05, 0.1) is 7.11 Å². The zero-order valence-corrected chi connectivity index (χ0v) is 6.81. The second-order valence-corrected chi connectivity index (χ2v) is 2.18. The lowest BCUT2D eigenvalue weighted by atomic mass is 10.0. The van der Waals surface area contributed by atoms with Crippen LogP contribution in [0, 0.1) is 5.92 Å². The van der Waals surface area contributed by atoms with Gasteiger partial charge in [0.2, 0.25) is 5.91 Å². The zero-order chi connectivity index (χ0) is 7.98. The number of hydrogen-bond donors (Lipinski definition) is 1. The molecule has 0 aliphatic carbocycles. The quantitative estimate of drug-likeness (QED) is 0.601. The van der Waals surface area contributed by atoms with Gasteiger partial charge in [0, 0.05) is 5.92 Å². The van der Waals surface area contributed by atoms with E-state index in [0.717, 1.165) is 12.8 Å². The number of hydrogen-bond acceptors (Lipinski definition) is 2. The first-order chi connectivity index (χ1) is 4.76. The van der Waals surface area contributed by atoms with Crippen molar-refractivity contribution in [3.63, 3.8) is 0 Å². The average molecular weight is 145 g/mol. The Labute approximate surface area is 61.7 Å². The second-order valence-electron chi connectivity index (χ2n) is 2.18. The van der Waals surface area contributed by atoms with Crippen molar-refractivity contribution in [1.82, 2.24) is 5.48 Å². The maximum atomic E-state index is 11.0. The molecule has 0 fully saturated rings. The number of amides is 1. The van der Waals surface area contributed by atoms with Crippen molar-refractivity contribution < 1.29 is 9.63 Å². The predicted octanol–water partition coefficient (Wildman–Crippen LogP) is 1.10. The normalized spacial score (nSPS) is 10.0. The molecule has 0 aliphatic rings. The van der Waals surface area contributed by atoms with Gasteiger partial charge < -0.3 is 0 Å². The summed E-state index contributed by atoms with van der Waals surface area (Å²) in [6.07, 6.45) is 1.73. The molecule has 0 aromatic heterocycles. The number of nitrogens with one attached hydrogen (secondary N) is 1. The third-order valence-corrected chi connectivity index (χ3v) is 1.56. The minimum absolute atomic E-state index is 0.0208. The third kappa shape index (κ3) is 2.82. The molecule has 0 saturated carbocycles. The van der Waals surface area contributed by atoms with Crippen LogP contribution < -0.4 is 5.48 Å². The van der Waals surface area contributed by atoms with E-state index in [4.69, 9.17) is 0 Å². The summed E-state index contributed by atoms with van der Waals surface area (Å²) in [7, 11) is 1.44. The summed E-state index contributed by atoms with van der Waals surface area (Å²) in [4.78, 5) is 15.5. The molecule has 0 spiro atoms. The molecule has 10 heavy (non-hydrogen) atoms. The van der Waals surface area contributed by atoms with Crippen molar-refractivity contribution in [2.24, 2.45) is 5.92 Å². The van der Waals surface area contributed by atoms with Crippen LogP contribution in [0.2, 0.25) is 0 Å². The molecule has 3 heteroatoms. The van der Waals surface area contributed by atoms with Crippen LogP contribution in [0.25, 0.3) is 0 Å². The lowest BCUT2D eigenvalue weighted by Gasteiger charge is -2.09. The molecule has 0 rings (SSSR count). The summed E-state index contributed by atoms with van der Waals surface area (Å²) in [5.41, 5.74) is 2.31. The molecular formula is C7H15NO2. The van der Waals surface area contributed by atoms with Gasteiger partial charge >= 0.3 is 0 Å². The molecule has 0 aromatic rings. The fourth-order valence-corrected chi connectivity index (χ4v) is 0.843. The van der Waals surface area contributed by atoms with Crippen LogP contribution in [0.15, 0.2) is 0 Å². The van der Waals surface area contributed by atoms with Gasteiger partial charge in [-0.15, -0.1) is 0 Å². The summed E-state index contributed by atoms with van der Waals surface area (Å²) in [5, 5.41) is 0. The average Bonchev–Trinajstić information content (AvgIpc) is 1.91. The van der Waals surface area contributed by atoms with E-state index in [0.29, 0.717) is 0 Å². The molecule has 1 amide bonds. The molecule has 0 heterocycles. The van der Waals surface area contributed by atoms with E-state index >= 15 is 0 Å². The minimum Gasteiger partial charge on any atom is -0.277 e. The van der Waals surface area contributed by atoms with Crippen molar-refractivity contribution in [2.45, 2.75) is 26.7 Å². The minimum atomic E-state index is -0.0208. The van der Waals surface area contributed by atoms with E-state index in [9.17, 15) is 4.79 Å². The van der Waals surface area contributed by atoms with E-state index in [1.165, 1.54) is 7.11 Å². The predicted molar refractivity (Wildman–Crippen MR) is 39.2 cm³/mol. The highest BCUT2D eigenvalue weighted by Crippen LogP contribution is 2.06. The molecule has 0 unspecified atom stereocenters. The molecular weight excluding hydrogens is 130 g/mol. The highest BCUT2D eigenvalue weighted by Gasteiger charge is 2.12. The Morgan fingerprint density at radius 3 is 2.30 bits per heavy atom. The van der Waals surface area contributed by atoms with E-state index in [2.05, 4.69) is 10.3 Å². The fraction of sp³-hybridized carbons (Fsp3) is 0.857. The number of hydroxylamine groups is 1. The fourth-order valence-electron chi connectivity index (χ4n) is 0.843. The van der Waals surface area contributed by atoms with Crippen molar-refractivity contribution in [3.8, 4) is 0 Å². The van der Waals surface area contributed by atoms with Crippen LogP contribution in [0.4, 0.5) is 0 Å². The van der Waals surface area contributed by atoms with Crippen LogP contribution in [-0.2, 0) is 9.63 Å². The van der Waals surface area contributed by atoms with Crippen LogP contribution >= 0.6 is 0 Å². The number of carbonyl (C=O) groups is 1. The Kier molecular flexibility index (Phi) is 4.94. The summed E-state index contributed by atoms with van der Waals surface area (Å²) >= 11 is 0. The first-order valence-electron chi connectivity index (χ1n) is 3.59. The van der Waals surface area contributed by atoms with Gasteiger partial charge in [-0.3, -0.25) is 9.63 Å². The maximum absolute atomic E-state index is 11.0. The third-order valence-electron chi connectivity index (χ3n) is 1.56. The van der Waals surface area contributed by atoms with Crippen molar-refractivity contribution in [3.05, 3.63) is 0 Å². The molecule has 0 saturated heterocycles. The van der Waals surface area contributed by atoms with Gasteiger partial charge in [0.1, 0.15) is 0 Å². The topological polar surface area (TPSA) is 38.3 Å². The molecule has 60 valence electrons. The highest BCUT2D eigenvalue weighted by atomic mass is 16.6. The first kappa shape index (κ1) is 9.43. The lowest BCUT2D eigenvalue weighted by Crippen LogP contribution is -2.28. The SMILES string of the molecule is CCC(CC)C(=O)NOC. The summed E-state index contributed by atoms with van der Waals surface area (Å²) in [5.74, 6) is 0.0763. The zero-order valence-electron chi connectivity index (χ0n) is 6.81. The number of carbonyl (C=O) groups excluding carboxylic acids is 1. The van der Waals surface area contributed by atoms with E-state index < -0.39 is 0 Å². The Morgan fingerprint density at radius 1 is 1.50 bits per heavy atom. The number of rotatable bonds is 4. The van der Waals surface area contributed by atoms with Crippen LogP contribution in [-0.4, -0.2) is 13.0 Å². The standard InChI is InChI=1S/C7H15NO2/c1-4-6(5-2)7(9)8-10-3/h6H,4-5H2,1-3H3,(H,8,9). The Morgan fingerprint density at radius 2 is 2.00 bits per heavy atom. The molecule has 0 bridgehead atoms. The smallest absolute Gasteiger partial charge is 0.246 e. The molecule has 0 radical (unpaired) electrons. The first-order valence-corrected chi connectivity index (χ1v) is 3.59. The Bertz CT molecular complexity index is 99.8. The molecule has 0 aromatic carbocycles. The lowest BCUT2D eigenvalue weighted by molar-refractivity contribution is -0.135. The Hall–Kier alpha value is -0.570. The van der Waals surface area contributed by atoms with Crippen LogP contribution in [0.5, 0.6) is 0 Å². The van der Waals surface area contributed by atoms with Crippen molar-refractivity contribution in [1.29, 1.82) is 0 Å². The molecule has 3 nitrogen and oxygen atoms in total. The highest BCUT2D eigenvalue weighted by molar-refractivity contribution is 5.77. The van der Waals surface area contributed by atoms with E-state index in [1.54, 1.807) is 0 Å². The summed E-state index contributed by atoms with van der Waals surface area (Å²) in [6.45, 7) is 3.98. The summed E-state index contributed by atoms with van der Waals surface area (Å²) in [6, 6.07) is 0. The van der Waals surface area contributed by atoms with Gasteiger partial charge in [-0.2, -0.15) is 0 Å². The van der Waals surface area contributed by atoms with Gasteiger partial charge in [-0.25, -0.2) is 5.48 Å². The molecule has 0 atom stereocenters. The maximum Gasteiger partial charge on any atom is 0.246 e. The summed E-state index contributed by atoms with van der Waals surface area (Å²) < 4.78 is 0. The van der Waals surface area contributed by atoms with Gasteiger partial charge in [-0.1, -0.05) is 13.8 Å². The van der Waals surface area contributed by atoms with E-state index in [1.807, 2.05) is 13.8 Å². The van der Waals surface area contributed by atoms with Crippen LogP contribution in [0.3, 0.4) is 0 Å². The van der Waals surface area contributed by atoms with Gasteiger partial charge in [-0.05, 0) is 12.8 Å².